The maximum absolute atomic E-state index is 12.1. The summed E-state index contributed by atoms with van der Waals surface area (Å²) in [7, 11) is 3.17. The summed E-state index contributed by atoms with van der Waals surface area (Å²) < 4.78 is 10.5. The Bertz CT molecular complexity index is 583. The van der Waals surface area contributed by atoms with Crippen molar-refractivity contribution in [1.29, 1.82) is 0 Å². The molecule has 0 saturated carbocycles. The minimum absolute atomic E-state index is 0.0268. The number of carbonyl (C=O) groups is 2. The first kappa shape index (κ1) is 18.1. The maximum Gasteiger partial charge on any atom is 0.234 e. The molecule has 0 spiro atoms. The smallest absolute Gasteiger partial charge is 0.234 e. The quantitative estimate of drug-likeness (QED) is 0.819. The van der Waals surface area contributed by atoms with Gasteiger partial charge in [-0.1, -0.05) is 6.07 Å². The molecule has 132 valence electrons. The van der Waals surface area contributed by atoms with Gasteiger partial charge in [-0.15, -0.1) is 0 Å². The third kappa shape index (κ3) is 4.86. The van der Waals surface area contributed by atoms with Crippen molar-refractivity contribution in [3.8, 4) is 11.5 Å². The molecule has 1 aliphatic rings. The molecule has 1 N–H and O–H groups in total. The number of piperazine rings is 1. The van der Waals surface area contributed by atoms with Gasteiger partial charge in [0.15, 0.2) is 11.5 Å². The minimum atomic E-state index is -0.0268. The molecule has 2 amide bonds. The monoisotopic (exact) mass is 335 g/mol. The Morgan fingerprint density at radius 2 is 1.75 bits per heavy atom. The Morgan fingerprint density at radius 1 is 1.08 bits per heavy atom. The van der Waals surface area contributed by atoms with E-state index in [1.807, 2.05) is 18.2 Å². The van der Waals surface area contributed by atoms with E-state index < -0.39 is 0 Å². The number of rotatable bonds is 6. The number of carbonyl (C=O) groups excluding carboxylic acids is 2. The zero-order valence-corrected chi connectivity index (χ0v) is 14.5. The van der Waals surface area contributed by atoms with Crippen molar-refractivity contribution in [1.82, 2.24) is 15.1 Å². The van der Waals surface area contributed by atoms with Crippen molar-refractivity contribution in [2.75, 3.05) is 46.9 Å². The van der Waals surface area contributed by atoms with E-state index in [4.69, 9.17) is 9.47 Å². The number of hydrogen-bond donors (Lipinski definition) is 1. The van der Waals surface area contributed by atoms with E-state index >= 15 is 0 Å². The van der Waals surface area contributed by atoms with Crippen molar-refractivity contribution in [2.45, 2.75) is 13.5 Å². The van der Waals surface area contributed by atoms with Crippen molar-refractivity contribution in [3.63, 3.8) is 0 Å². The van der Waals surface area contributed by atoms with Crippen molar-refractivity contribution in [3.05, 3.63) is 23.8 Å². The summed E-state index contributed by atoms with van der Waals surface area (Å²) in [6.07, 6.45) is 0. The lowest BCUT2D eigenvalue weighted by molar-refractivity contribution is -0.131. The van der Waals surface area contributed by atoms with Gasteiger partial charge >= 0.3 is 0 Å². The second kappa shape index (κ2) is 8.54. The summed E-state index contributed by atoms with van der Waals surface area (Å²) in [5, 5.41) is 2.91. The van der Waals surface area contributed by atoms with Gasteiger partial charge in [-0.2, -0.15) is 0 Å². The number of nitrogens with zero attached hydrogens (tertiary/aromatic N) is 2. The van der Waals surface area contributed by atoms with Crippen LogP contribution < -0.4 is 14.8 Å². The standard InChI is InChI=1S/C17H25N3O4/c1-13(21)20-8-6-19(7-9-20)12-17(22)18-11-14-4-5-15(23-2)16(10-14)24-3/h4-5,10H,6-9,11-12H2,1-3H3,(H,18,22). The van der Waals surface area contributed by atoms with Crippen LogP contribution in [0.3, 0.4) is 0 Å². The summed E-state index contributed by atoms with van der Waals surface area (Å²) >= 11 is 0. The van der Waals surface area contributed by atoms with Gasteiger partial charge in [0.2, 0.25) is 11.8 Å². The van der Waals surface area contributed by atoms with E-state index in [0.717, 1.165) is 18.7 Å². The fourth-order valence-electron chi connectivity index (χ4n) is 2.67. The van der Waals surface area contributed by atoms with Crippen LogP contribution >= 0.6 is 0 Å². The topological polar surface area (TPSA) is 71.1 Å². The summed E-state index contributed by atoms with van der Waals surface area (Å²) in [4.78, 5) is 27.2. The second-order valence-corrected chi connectivity index (χ2v) is 5.75. The van der Waals surface area contributed by atoms with Crippen LogP contribution in [0.2, 0.25) is 0 Å². The number of benzene rings is 1. The third-order valence-corrected chi connectivity index (χ3v) is 4.12. The Morgan fingerprint density at radius 3 is 2.33 bits per heavy atom. The largest absolute Gasteiger partial charge is 0.493 e. The van der Waals surface area contributed by atoms with E-state index in [9.17, 15) is 9.59 Å². The Balaban J connectivity index is 1.78. The van der Waals surface area contributed by atoms with Crippen LogP contribution in [0.5, 0.6) is 11.5 Å². The predicted molar refractivity (Wildman–Crippen MR) is 90.1 cm³/mol. The Labute approximate surface area is 142 Å². The zero-order chi connectivity index (χ0) is 17.5. The molecule has 0 radical (unpaired) electrons. The Hall–Kier alpha value is -2.28. The molecule has 1 saturated heterocycles. The first-order chi connectivity index (χ1) is 11.5. The predicted octanol–water partition coefficient (Wildman–Crippen LogP) is 0.484. The average Bonchev–Trinajstić information content (AvgIpc) is 2.60. The summed E-state index contributed by atoms with van der Waals surface area (Å²) in [5.41, 5.74) is 0.947. The molecule has 0 bridgehead atoms. The molecule has 1 aromatic carbocycles. The number of amides is 2. The van der Waals surface area contributed by atoms with Gasteiger partial charge in [-0.05, 0) is 17.7 Å². The van der Waals surface area contributed by atoms with E-state index in [1.165, 1.54) is 0 Å². The van der Waals surface area contributed by atoms with Crippen LogP contribution in [0.15, 0.2) is 18.2 Å². The minimum Gasteiger partial charge on any atom is -0.493 e. The van der Waals surface area contributed by atoms with Gasteiger partial charge in [0, 0.05) is 39.6 Å². The summed E-state index contributed by atoms with van der Waals surface area (Å²) in [5.74, 6) is 1.37. The Kier molecular flexibility index (Phi) is 6.43. The zero-order valence-electron chi connectivity index (χ0n) is 14.5. The molecule has 0 aliphatic carbocycles. The molecule has 2 rings (SSSR count). The van der Waals surface area contributed by atoms with Crippen LogP contribution in [0.4, 0.5) is 0 Å². The van der Waals surface area contributed by atoms with Crippen LogP contribution in [-0.4, -0.2) is 68.6 Å². The summed E-state index contributed by atoms with van der Waals surface area (Å²) in [6, 6.07) is 5.57. The first-order valence-electron chi connectivity index (χ1n) is 7.99. The summed E-state index contributed by atoms with van der Waals surface area (Å²) in [6.45, 7) is 5.17. The van der Waals surface area contributed by atoms with Crippen molar-refractivity contribution >= 4 is 11.8 Å². The average molecular weight is 335 g/mol. The molecule has 0 aromatic heterocycles. The molecule has 1 fully saturated rings. The fraction of sp³-hybridized carbons (Fsp3) is 0.529. The van der Waals surface area contributed by atoms with Gasteiger partial charge in [0.1, 0.15) is 0 Å². The molecule has 1 aliphatic heterocycles. The normalized spacial score (nSPS) is 15.0. The first-order valence-corrected chi connectivity index (χ1v) is 7.99. The molecule has 1 aromatic rings. The molecular formula is C17H25N3O4. The number of methoxy groups -OCH3 is 2. The highest BCUT2D eigenvalue weighted by Gasteiger charge is 2.20. The van der Waals surface area contributed by atoms with Gasteiger partial charge in [-0.3, -0.25) is 14.5 Å². The molecule has 0 unspecified atom stereocenters. The van der Waals surface area contributed by atoms with Crippen LogP contribution in [0, 0.1) is 0 Å². The van der Waals surface area contributed by atoms with Crippen molar-refractivity contribution in [2.24, 2.45) is 0 Å². The van der Waals surface area contributed by atoms with Gasteiger partial charge in [-0.25, -0.2) is 0 Å². The second-order valence-electron chi connectivity index (χ2n) is 5.75. The fourth-order valence-corrected chi connectivity index (χ4v) is 2.67. The van der Waals surface area contributed by atoms with Gasteiger partial charge in [0.25, 0.3) is 0 Å². The molecule has 0 atom stereocenters. The number of hydrogen-bond acceptors (Lipinski definition) is 5. The highest BCUT2D eigenvalue weighted by molar-refractivity contribution is 5.78. The SMILES string of the molecule is COc1ccc(CNC(=O)CN2CCN(C(C)=O)CC2)cc1OC. The van der Waals surface area contributed by atoms with E-state index in [2.05, 4.69) is 10.2 Å². The maximum atomic E-state index is 12.1. The molecule has 1 heterocycles. The van der Waals surface area contributed by atoms with Crippen LogP contribution in [0.25, 0.3) is 0 Å². The van der Waals surface area contributed by atoms with E-state index in [-0.39, 0.29) is 11.8 Å². The lowest BCUT2D eigenvalue weighted by Crippen LogP contribution is -2.50. The van der Waals surface area contributed by atoms with Crippen LogP contribution in [-0.2, 0) is 16.1 Å². The van der Waals surface area contributed by atoms with Gasteiger partial charge in [0.05, 0.1) is 20.8 Å². The van der Waals surface area contributed by atoms with Gasteiger partial charge < -0.3 is 19.7 Å². The van der Waals surface area contributed by atoms with E-state index in [0.29, 0.717) is 37.7 Å². The highest BCUT2D eigenvalue weighted by atomic mass is 16.5. The molecule has 7 nitrogen and oxygen atoms in total. The van der Waals surface area contributed by atoms with E-state index in [1.54, 1.807) is 26.0 Å². The molecule has 24 heavy (non-hydrogen) atoms. The third-order valence-electron chi connectivity index (χ3n) is 4.12. The lowest BCUT2D eigenvalue weighted by Gasteiger charge is -2.33. The van der Waals surface area contributed by atoms with Crippen molar-refractivity contribution < 1.29 is 19.1 Å². The lowest BCUT2D eigenvalue weighted by atomic mass is 10.2. The number of ether oxygens (including phenoxy) is 2. The highest BCUT2D eigenvalue weighted by Crippen LogP contribution is 2.27. The molecular weight excluding hydrogens is 310 g/mol. The van der Waals surface area contributed by atoms with Crippen LogP contribution in [0.1, 0.15) is 12.5 Å². The number of nitrogens with one attached hydrogen (secondary N) is 1. The molecule has 7 heteroatoms.